The minimum atomic E-state index is 0.240. The van der Waals surface area contributed by atoms with Crippen molar-refractivity contribution in [2.75, 3.05) is 27.2 Å². The van der Waals surface area contributed by atoms with Crippen molar-refractivity contribution in [2.45, 2.75) is 46.1 Å². The van der Waals surface area contributed by atoms with Crippen LogP contribution in [0.4, 0.5) is 0 Å². The van der Waals surface area contributed by atoms with Crippen molar-refractivity contribution >= 4 is 0 Å². The molecule has 3 heteroatoms. The van der Waals surface area contributed by atoms with Crippen LogP contribution in [0.3, 0.4) is 0 Å². The maximum Gasteiger partial charge on any atom is 0.122 e. The highest BCUT2D eigenvalue weighted by Gasteiger charge is 2.27. The number of para-hydroxylation sites is 1. The molecule has 0 aromatic heterocycles. The number of nitrogens with two attached hydrogens (primary N) is 1. The van der Waals surface area contributed by atoms with E-state index in [4.69, 9.17) is 10.5 Å². The normalized spacial score (nSPS) is 13.5. The van der Waals surface area contributed by atoms with Crippen molar-refractivity contribution in [1.82, 2.24) is 4.90 Å². The lowest BCUT2D eigenvalue weighted by atomic mass is 9.81. The predicted octanol–water partition coefficient (Wildman–Crippen LogP) is 3.32. The van der Waals surface area contributed by atoms with E-state index in [2.05, 4.69) is 44.9 Å². The van der Waals surface area contributed by atoms with E-state index in [1.54, 1.807) is 7.11 Å². The van der Waals surface area contributed by atoms with Crippen LogP contribution in [0.25, 0.3) is 0 Å². The summed E-state index contributed by atoms with van der Waals surface area (Å²) in [6.07, 6.45) is 3.26. The Morgan fingerprint density at radius 2 is 1.86 bits per heavy atom. The summed E-state index contributed by atoms with van der Waals surface area (Å²) in [4.78, 5) is 2.44. The van der Waals surface area contributed by atoms with Crippen LogP contribution in [-0.4, -0.2) is 38.2 Å². The highest BCUT2D eigenvalue weighted by atomic mass is 16.5. The zero-order chi connectivity index (χ0) is 15.9. The lowest BCUT2D eigenvalue weighted by Crippen LogP contribution is -2.44. The van der Waals surface area contributed by atoms with Gasteiger partial charge in [0.15, 0.2) is 0 Å². The number of methoxy groups -OCH3 is 1. The second-order valence-corrected chi connectivity index (χ2v) is 6.19. The van der Waals surface area contributed by atoms with Crippen LogP contribution < -0.4 is 10.5 Å². The summed E-state index contributed by atoms with van der Waals surface area (Å²) in [6, 6.07) is 8.74. The fourth-order valence-corrected chi connectivity index (χ4v) is 2.86. The first-order chi connectivity index (χ1) is 10.0. The van der Waals surface area contributed by atoms with Gasteiger partial charge < -0.3 is 15.4 Å². The second kappa shape index (κ2) is 8.40. The van der Waals surface area contributed by atoms with E-state index in [1.165, 1.54) is 5.56 Å². The minimum absolute atomic E-state index is 0.240. The van der Waals surface area contributed by atoms with E-state index in [0.717, 1.165) is 38.1 Å². The average molecular weight is 292 g/mol. The Labute approximate surface area is 130 Å². The molecule has 0 amide bonds. The first-order valence-electron chi connectivity index (χ1n) is 8.04. The molecule has 0 heterocycles. The van der Waals surface area contributed by atoms with Gasteiger partial charge in [-0.3, -0.25) is 0 Å². The molecule has 0 saturated carbocycles. The largest absolute Gasteiger partial charge is 0.496 e. The lowest BCUT2D eigenvalue weighted by molar-refractivity contribution is 0.135. The van der Waals surface area contributed by atoms with Crippen molar-refractivity contribution in [3.05, 3.63) is 29.8 Å². The molecule has 0 spiro atoms. The molecule has 0 aliphatic carbocycles. The van der Waals surface area contributed by atoms with Gasteiger partial charge in [-0.15, -0.1) is 0 Å². The van der Waals surface area contributed by atoms with Crippen LogP contribution in [0, 0.1) is 5.41 Å². The van der Waals surface area contributed by atoms with Crippen LogP contribution in [-0.2, 0) is 6.42 Å². The molecule has 0 aliphatic rings. The van der Waals surface area contributed by atoms with E-state index in [-0.39, 0.29) is 5.41 Å². The second-order valence-electron chi connectivity index (χ2n) is 6.19. The summed E-state index contributed by atoms with van der Waals surface area (Å²) < 4.78 is 5.45. The lowest BCUT2D eigenvalue weighted by Gasteiger charge is -2.37. The Morgan fingerprint density at radius 1 is 1.24 bits per heavy atom. The molecular weight excluding hydrogens is 260 g/mol. The third-order valence-corrected chi connectivity index (χ3v) is 4.98. The monoisotopic (exact) mass is 292 g/mol. The molecule has 120 valence electrons. The van der Waals surface area contributed by atoms with Crippen molar-refractivity contribution in [3.63, 3.8) is 0 Å². The van der Waals surface area contributed by atoms with Gasteiger partial charge in [0.25, 0.3) is 0 Å². The van der Waals surface area contributed by atoms with Crippen LogP contribution >= 0.6 is 0 Å². The first-order valence-corrected chi connectivity index (χ1v) is 8.04. The van der Waals surface area contributed by atoms with Crippen LogP contribution in [0.2, 0.25) is 0 Å². The number of likely N-dealkylation sites (N-methyl/N-ethyl adjacent to an activating group) is 1. The summed E-state index contributed by atoms with van der Waals surface area (Å²) in [5, 5.41) is 0. The third-order valence-electron chi connectivity index (χ3n) is 4.98. The Balaban J connectivity index is 2.72. The molecule has 0 saturated heterocycles. The van der Waals surface area contributed by atoms with Crippen LogP contribution in [0.5, 0.6) is 5.75 Å². The number of rotatable bonds is 9. The van der Waals surface area contributed by atoms with Crippen molar-refractivity contribution in [2.24, 2.45) is 11.1 Å². The van der Waals surface area contributed by atoms with Crippen LogP contribution in [0.1, 0.15) is 39.2 Å². The topological polar surface area (TPSA) is 38.5 Å². The molecular formula is C18H32N2O. The molecule has 0 fully saturated rings. The molecule has 1 aromatic carbocycles. The van der Waals surface area contributed by atoms with Crippen LogP contribution in [0.15, 0.2) is 24.3 Å². The maximum atomic E-state index is 6.03. The third kappa shape index (κ3) is 4.72. The smallest absolute Gasteiger partial charge is 0.122 e. The standard InChI is InChI=1S/C18H32N2O/c1-6-18(7-2,13-19)14-20(4)15(3)12-16-10-8-9-11-17(16)21-5/h8-11,15H,6-7,12-14,19H2,1-5H3. The molecule has 0 aliphatic heterocycles. The van der Waals surface area contributed by atoms with Gasteiger partial charge in [0.1, 0.15) is 5.75 Å². The van der Waals surface area contributed by atoms with Gasteiger partial charge in [-0.1, -0.05) is 32.0 Å². The zero-order valence-corrected chi connectivity index (χ0v) is 14.4. The summed E-state index contributed by atoms with van der Waals surface area (Å²) >= 11 is 0. The number of hydrogen-bond acceptors (Lipinski definition) is 3. The van der Waals surface area contributed by atoms with Gasteiger partial charge in [-0.2, -0.15) is 0 Å². The maximum absolute atomic E-state index is 6.03. The summed E-state index contributed by atoms with van der Waals surface area (Å²) in [5.74, 6) is 0.980. The molecule has 1 unspecified atom stereocenters. The Hall–Kier alpha value is -1.06. The van der Waals surface area contributed by atoms with E-state index in [9.17, 15) is 0 Å². The predicted molar refractivity (Wildman–Crippen MR) is 90.9 cm³/mol. The molecule has 2 N–H and O–H groups in total. The zero-order valence-electron chi connectivity index (χ0n) is 14.4. The number of hydrogen-bond donors (Lipinski definition) is 1. The average Bonchev–Trinajstić information content (AvgIpc) is 2.53. The van der Waals surface area contributed by atoms with Crippen molar-refractivity contribution in [1.29, 1.82) is 0 Å². The van der Waals surface area contributed by atoms with Gasteiger partial charge in [0.2, 0.25) is 0 Å². The van der Waals surface area contributed by atoms with E-state index >= 15 is 0 Å². The molecule has 1 rings (SSSR count). The Bertz CT molecular complexity index is 407. The summed E-state index contributed by atoms with van der Waals surface area (Å²) in [7, 11) is 3.94. The molecule has 21 heavy (non-hydrogen) atoms. The number of nitrogens with zero attached hydrogens (tertiary/aromatic N) is 1. The molecule has 1 atom stereocenters. The van der Waals surface area contributed by atoms with E-state index < -0.39 is 0 Å². The first kappa shape index (κ1) is 18.0. The van der Waals surface area contributed by atoms with Crippen molar-refractivity contribution in [3.8, 4) is 5.75 Å². The molecule has 0 bridgehead atoms. The quantitative estimate of drug-likeness (QED) is 0.759. The molecule has 0 radical (unpaired) electrons. The molecule has 1 aromatic rings. The van der Waals surface area contributed by atoms with Gasteiger partial charge in [0.05, 0.1) is 7.11 Å². The number of benzene rings is 1. The highest BCUT2D eigenvalue weighted by Crippen LogP contribution is 2.27. The minimum Gasteiger partial charge on any atom is -0.496 e. The van der Waals surface area contributed by atoms with Gasteiger partial charge in [-0.25, -0.2) is 0 Å². The van der Waals surface area contributed by atoms with Gasteiger partial charge in [0, 0.05) is 12.6 Å². The highest BCUT2D eigenvalue weighted by molar-refractivity contribution is 5.33. The summed E-state index contributed by atoms with van der Waals surface area (Å²) in [5.41, 5.74) is 7.54. The van der Waals surface area contributed by atoms with E-state index in [1.807, 2.05) is 12.1 Å². The Morgan fingerprint density at radius 3 is 2.38 bits per heavy atom. The van der Waals surface area contributed by atoms with Crippen molar-refractivity contribution < 1.29 is 4.74 Å². The fourth-order valence-electron chi connectivity index (χ4n) is 2.86. The SMILES string of the molecule is CCC(CC)(CN)CN(C)C(C)Cc1ccccc1OC. The molecule has 3 nitrogen and oxygen atoms in total. The van der Waals surface area contributed by atoms with Gasteiger partial charge in [-0.05, 0) is 56.8 Å². The number of ether oxygens (including phenoxy) is 1. The summed E-state index contributed by atoms with van der Waals surface area (Å²) in [6.45, 7) is 8.57. The van der Waals surface area contributed by atoms with Gasteiger partial charge >= 0.3 is 0 Å². The Kier molecular flexibility index (Phi) is 7.20. The fraction of sp³-hybridized carbons (Fsp3) is 0.667. The van der Waals surface area contributed by atoms with E-state index in [0.29, 0.717) is 6.04 Å².